The van der Waals surface area contributed by atoms with Crippen molar-refractivity contribution in [1.29, 1.82) is 0 Å². The molecule has 4 rings (SSSR count). The number of ether oxygens (including phenoxy) is 1. The molecule has 1 aromatic heterocycles. The molecule has 3 fully saturated rings. The van der Waals surface area contributed by atoms with Crippen molar-refractivity contribution in [2.24, 2.45) is 17.8 Å². The lowest BCUT2D eigenvalue weighted by atomic mass is 9.81. The largest absolute Gasteiger partial charge is 0.381 e. The Morgan fingerprint density at radius 1 is 1.24 bits per heavy atom. The molecule has 2 saturated heterocycles. The maximum absolute atomic E-state index is 12.4. The van der Waals surface area contributed by atoms with Crippen LogP contribution in [0.15, 0.2) is 24.5 Å². The van der Waals surface area contributed by atoms with Crippen molar-refractivity contribution in [2.45, 2.75) is 38.1 Å². The number of carbonyl (C=O) groups is 1. The van der Waals surface area contributed by atoms with Gasteiger partial charge in [-0.1, -0.05) is 6.42 Å². The van der Waals surface area contributed by atoms with Crippen LogP contribution in [0.5, 0.6) is 0 Å². The molecule has 3 aliphatic rings. The Balaban J connectivity index is 1.24. The minimum atomic E-state index is 0.172. The molecule has 136 valence electrons. The molecule has 1 aliphatic carbocycles. The molecule has 2 aliphatic heterocycles. The monoisotopic (exact) mass is 343 g/mol. The molecular formula is C20H29N3O2. The normalized spacial score (nSPS) is 29.8. The molecule has 0 radical (unpaired) electrons. The lowest BCUT2D eigenvalue weighted by Gasteiger charge is -2.35. The summed E-state index contributed by atoms with van der Waals surface area (Å²) >= 11 is 0. The van der Waals surface area contributed by atoms with E-state index in [4.69, 9.17) is 4.74 Å². The zero-order chi connectivity index (χ0) is 17.1. The van der Waals surface area contributed by atoms with Crippen molar-refractivity contribution in [3.8, 4) is 0 Å². The van der Waals surface area contributed by atoms with E-state index in [1.165, 1.54) is 37.9 Å². The zero-order valence-corrected chi connectivity index (χ0v) is 14.9. The maximum Gasteiger partial charge on any atom is 0.220 e. The highest BCUT2D eigenvalue weighted by atomic mass is 16.5. The van der Waals surface area contributed by atoms with Crippen LogP contribution >= 0.6 is 0 Å². The third-order valence-corrected chi connectivity index (χ3v) is 6.31. The molecule has 0 spiro atoms. The van der Waals surface area contributed by atoms with Gasteiger partial charge >= 0.3 is 0 Å². The van der Waals surface area contributed by atoms with E-state index in [0.717, 1.165) is 25.7 Å². The highest BCUT2D eigenvalue weighted by molar-refractivity contribution is 5.76. The highest BCUT2D eigenvalue weighted by Gasteiger charge is 2.44. The van der Waals surface area contributed by atoms with E-state index in [-0.39, 0.29) is 5.91 Å². The van der Waals surface area contributed by atoms with Crippen molar-refractivity contribution in [2.75, 3.05) is 32.8 Å². The van der Waals surface area contributed by atoms with Crippen LogP contribution < -0.4 is 5.32 Å². The summed E-state index contributed by atoms with van der Waals surface area (Å²) in [5.74, 6) is 1.82. The number of rotatable bonds is 6. The second kappa shape index (κ2) is 7.83. The summed E-state index contributed by atoms with van der Waals surface area (Å²) in [7, 11) is 0. The number of aromatic nitrogens is 1. The lowest BCUT2D eigenvalue weighted by molar-refractivity contribution is -0.124. The summed E-state index contributed by atoms with van der Waals surface area (Å²) in [6.45, 7) is 4.67. The Morgan fingerprint density at radius 2 is 2.08 bits per heavy atom. The fourth-order valence-corrected chi connectivity index (χ4v) is 4.60. The van der Waals surface area contributed by atoms with Crippen LogP contribution in [0.25, 0.3) is 0 Å². The van der Waals surface area contributed by atoms with Crippen LogP contribution in [0.1, 0.15) is 31.2 Å². The molecule has 1 N–H and O–H groups in total. The number of nitrogens with one attached hydrogen (secondary N) is 1. The summed E-state index contributed by atoms with van der Waals surface area (Å²) in [4.78, 5) is 19.1. The molecule has 1 amide bonds. The maximum atomic E-state index is 12.4. The van der Waals surface area contributed by atoms with E-state index < -0.39 is 0 Å². The molecule has 3 atom stereocenters. The van der Waals surface area contributed by atoms with Crippen LogP contribution in [0.2, 0.25) is 0 Å². The third kappa shape index (κ3) is 4.04. The van der Waals surface area contributed by atoms with Crippen molar-refractivity contribution in [1.82, 2.24) is 15.2 Å². The van der Waals surface area contributed by atoms with Crippen molar-refractivity contribution >= 4 is 5.91 Å². The van der Waals surface area contributed by atoms with Gasteiger partial charge in [0.05, 0.1) is 13.2 Å². The molecule has 0 aromatic carbocycles. The number of pyridine rings is 1. The lowest BCUT2D eigenvalue weighted by Crippen LogP contribution is -2.39. The second-order valence-corrected chi connectivity index (χ2v) is 7.92. The number of likely N-dealkylation sites (tertiary alicyclic amines) is 1. The smallest absolute Gasteiger partial charge is 0.220 e. The van der Waals surface area contributed by atoms with Gasteiger partial charge in [0.15, 0.2) is 0 Å². The van der Waals surface area contributed by atoms with E-state index in [1.807, 2.05) is 12.1 Å². The Bertz CT molecular complexity index is 576. The predicted molar refractivity (Wildman–Crippen MR) is 96.1 cm³/mol. The van der Waals surface area contributed by atoms with Gasteiger partial charge in [0, 0.05) is 44.5 Å². The predicted octanol–water partition coefficient (Wildman–Crippen LogP) is 1.88. The first-order valence-electron chi connectivity index (χ1n) is 9.77. The first-order chi connectivity index (χ1) is 12.3. The standard InChI is InChI=1S/C20H29N3O2/c24-20(22-9-6-15-4-7-21-8-5-15)10-16-13-25-14-17-11-23(12-19(16)17)18-2-1-3-18/h4-5,7-8,16-19H,1-3,6,9-14H2,(H,22,24)/t16-,17-,19+/m1/s1. The average Bonchev–Trinajstić information content (AvgIpc) is 2.98. The zero-order valence-electron chi connectivity index (χ0n) is 14.9. The number of hydrogen-bond donors (Lipinski definition) is 1. The van der Waals surface area contributed by atoms with Crippen LogP contribution in [0.3, 0.4) is 0 Å². The van der Waals surface area contributed by atoms with Gasteiger partial charge in [-0.05, 0) is 54.7 Å². The topological polar surface area (TPSA) is 54.5 Å². The summed E-state index contributed by atoms with van der Waals surface area (Å²) in [5, 5.41) is 3.09. The van der Waals surface area contributed by atoms with Crippen LogP contribution in [-0.2, 0) is 16.0 Å². The van der Waals surface area contributed by atoms with Gasteiger partial charge in [-0.3, -0.25) is 14.7 Å². The van der Waals surface area contributed by atoms with Crippen LogP contribution in [0.4, 0.5) is 0 Å². The van der Waals surface area contributed by atoms with E-state index in [1.54, 1.807) is 12.4 Å². The summed E-state index contributed by atoms with van der Waals surface area (Å²) < 4.78 is 5.84. The quantitative estimate of drug-likeness (QED) is 0.857. The van der Waals surface area contributed by atoms with Gasteiger partial charge in [0.2, 0.25) is 5.91 Å². The van der Waals surface area contributed by atoms with Crippen molar-refractivity contribution in [3.63, 3.8) is 0 Å². The van der Waals surface area contributed by atoms with Crippen molar-refractivity contribution < 1.29 is 9.53 Å². The molecule has 1 saturated carbocycles. The molecule has 3 heterocycles. The third-order valence-electron chi connectivity index (χ3n) is 6.31. The molecule has 5 nitrogen and oxygen atoms in total. The van der Waals surface area contributed by atoms with Gasteiger partial charge in [0.25, 0.3) is 0 Å². The van der Waals surface area contributed by atoms with Gasteiger partial charge in [0.1, 0.15) is 0 Å². The minimum Gasteiger partial charge on any atom is -0.381 e. The van der Waals surface area contributed by atoms with E-state index in [2.05, 4.69) is 15.2 Å². The summed E-state index contributed by atoms with van der Waals surface area (Å²) in [5.41, 5.74) is 1.21. The Hall–Kier alpha value is -1.46. The molecular weight excluding hydrogens is 314 g/mol. The fraction of sp³-hybridized carbons (Fsp3) is 0.700. The molecule has 0 bridgehead atoms. The Labute approximate surface area is 150 Å². The van der Waals surface area contributed by atoms with Gasteiger partial charge < -0.3 is 10.1 Å². The molecule has 5 heteroatoms. The average molecular weight is 343 g/mol. The van der Waals surface area contributed by atoms with E-state index >= 15 is 0 Å². The minimum absolute atomic E-state index is 0.172. The highest BCUT2D eigenvalue weighted by Crippen LogP contribution is 2.39. The first-order valence-corrected chi connectivity index (χ1v) is 9.77. The number of carbonyl (C=O) groups excluding carboxylic acids is 1. The molecule has 1 aromatic rings. The van der Waals surface area contributed by atoms with Crippen molar-refractivity contribution in [3.05, 3.63) is 30.1 Å². The number of nitrogens with zero attached hydrogens (tertiary/aromatic N) is 2. The van der Waals surface area contributed by atoms with Gasteiger partial charge in [-0.25, -0.2) is 0 Å². The Morgan fingerprint density at radius 3 is 2.84 bits per heavy atom. The molecule has 25 heavy (non-hydrogen) atoms. The van der Waals surface area contributed by atoms with Crippen LogP contribution in [-0.4, -0.2) is 54.7 Å². The number of fused-ring (bicyclic) bond motifs is 1. The summed E-state index contributed by atoms with van der Waals surface area (Å²) in [6, 6.07) is 4.80. The molecule has 0 unspecified atom stereocenters. The van der Waals surface area contributed by atoms with Gasteiger partial charge in [-0.15, -0.1) is 0 Å². The fourth-order valence-electron chi connectivity index (χ4n) is 4.60. The van der Waals surface area contributed by atoms with Gasteiger partial charge in [-0.2, -0.15) is 0 Å². The second-order valence-electron chi connectivity index (χ2n) is 7.92. The van der Waals surface area contributed by atoms with Crippen LogP contribution in [0, 0.1) is 17.8 Å². The van der Waals surface area contributed by atoms with E-state index in [9.17, 15) is 4.79 Å². The number of amides is 1. The number of hydrogen-bond acceptors (Lipinski definition) is 4. The SMILES string of the molecule is O=C(C[C@@H]1COC[C@H]2CN(C3CCC3)C[C@@H]12)NCCc1ccncc1. The van der Waals surface area contributed by atoms with E-state index in [0.29, 0.717) is 30.7 Å². The Kier molecular flexibility index (Phi) is 5.32. The first kappa shape index (κ1) is 17.0. The summed E-state index contributed by atoms with van der Waals surface area (Å²) in [6.07, 6.45) is 9.17.